The highest BCUT2D eigenvalue weighted by molar-refractivity contribution is 6.32. The molecule has 2 unspecified atom stereocenters. The minimum atomic E-state index is -2.73. The van der Waals surface area contributed by atoms with Crippen LogP contribution in [0.1, 0.15) is 48.7 Å². The zero-order chi connectivity index (χ0) is 30.9. The van der Waals surface area contributed by atoms with Gasteiger partial charge in [0.25, 0.3) is 0 Å². The lowest BCUT2D eigenvalue weighted by Gasteiger charge is -2.52. The number of primary amides is 1. The van der Waals surface area contributed by atoms with Crippen molar-refractivity contribution >= 4 is 34.7 Å². The normalized spacial score (nSPS) is 29.9. The van der Waals surface area contributed by atoms with Crippen LogP contribution in [-0.4, -0.2) is 102 Å². The Labute approximate surface area is 240 Å². The highest BCUT2D eigenvalue weighted by atomic mass is 16.3. The fourth-order valence-corrected chi connectivity index (χ4v) is 7.38. The van der Waals surface area contributed by atoms with Crippen molar-refractivity contribution in [2.24, 2.45) is 34.8 Å². The number of nitrogens with zero attached hydrogens (tertiary/aromatic N) is 3. The van der Waals surface area contributed by atoms with Crippen LogP contribution in [-0.2, 0) is 32.1 Å². The molecule has 0 aromatic heterocycles. The van der Waals surface area contributed by atoms with E-state index in [0.717, 1.165) is 12.2 Å². The lowest BCUT2D eigenvalue weighted by atomic mass is 9.52. The lowest BCUT2D eigenvalue weighted by Crippen LogP contribution is -2.74. The number of amides is 1. The number of carbonyl (C=O) groups excluding carboxylic acids is 5. The van der Waals surface area contributed by atoms with Gasteiger partial charge in [-0.3, -0.25) is 28.9 Å². The summed E-state index contributed by atoms with van der Waals surface area (Å²) in [6.45, 7) is 7.37. The molecule has 6 atom stereocenters. The second-order valence-corrected chi connectivity index (χ2v) is 13.7. The maximum absolute atomic E-state index is 14.1. The number of phenolic OH excluding ortho intramolecular Hbond substituents is 1. The molecule has 41 heavy (non-hydrogen) atoms. The quantitative estimate of drug-likeness (QED) is 0.409. The summed E-state index contributed by atoms with van der Waals surface area (Å²) in [7, 11) is 8.72. The van der Waals surface area contributed by atoms with Gasteiger partial charge in [0.15, 0.2) is 34.7 Å². The average molecular weight is 571 g/mol. The first-order valence-corrected chi connectivity index (χ1v) is 13.9. The molecule has 2 saturated carbocycles. The van der Waals surface area contributed by atoms with Gasteiger partial charge in [0, 0.05) is 44.4 Å². The smallest absolute Gasteiger partial charge is 0.235 e. The predicted molar refractivity (Wildman–Crippen MR) is 151 cm³/mol. The molecular formula is C30H42N4O7. The second kappa shape index (κ2) is 10.3. The summed E-state index contributed by atoms with van der Waals surface area (Å²) in [6, 6.07) is 0.731. The Morgan fingerprint density at radius 1 is 1.07 bits per heavy atom. The summed E-state index contributed by atoms with van der Waals surface area (Å²) in [5.41, 5.74) is 4.50. The molecule has 4 N–H and O–H groups in total. The molecule has 1 aromatic rings. The van der Waals surface area contributed by atoms with Crippen LogP contribution < -0.4 is 10.6 Å². The van der Waals surface area contributed by atoms with Crippen LogP contribution >= 0.6 is 0 Å². The lowest BCUT2D eigenvalue weighted by molar-refractivity contribution is -0.181. The molecule has 1 aromatic carbocycles. The number of nitrogens with two attached hydrogens (primary N) is 1. The average Bonchev–Trinajstić information content (AvgIpc) is 2.81. The Hall–Kier alpha value is -3.15. The molecule has 0 aliphatic heterocycles. The molecule has 0 heterocycles. The van der Waals surface area contributed by atoms with Crippen molar-refractivity contribution in [1.29, 1.82) is 0 Å². The highest BCUT2D eigenvalue weighted by Crippen LogP contribution is 2.52. The minimum Gasteiger partial charge on any atom is -0.507 e. The van der Waals surface area contributed by atoms with Crippen LogP contribution in [0.3, 0.4) is 0 Å². The van der Waals surface area contributed by atoms with Gasteiger partial charge in [-0.2, -0.15) is 0 Å². The number of hydrogen-bond acceptors (Lipinski definition) is 10. The number of Topliss-reactive ketones (excluding diaryl/α,β-unsaturated/α-hetero) is 4. The molecule has 0 radical (unpaired) electrons. The third-order valence-corrected chi connectivity index (χ3v) is 8.78. The largest absolute Gasteiger partial charge is 0.507 e. The van der Waals surface area contributed by atoms with Gasteiger partial charge in [0.1, 0.15) is 5.75 Å². The van der Waals surface area contributed by atoms with E-state index in [9.17, 15) is 34.2 Å². The van der Waals surface area contributed by atoms with Gasteiger partial charge in [-0.1, -0.05) is 20.8 Å². The van der Waals surface area contributed by atoms with Crippen molar-refractivity contribution in [3.8, 4) is 5.75 Å². The van der Waals surface area contributed by atoms with Gasteiger partial charge in [0.05, 0.1) is 17.5 Å². The van der Waals surface area contributed by atoms with Crippen molar-refractivity contribution in [3.05, 3.63) is 22.8 Å². The fraction of sp³-hybridized carbons (Fsp3) is 0.633. The summed E-state index contributed by atoms with van der Waals surface area (Å²) in [5.74, 6) is -10.4. The van der Waals surface area contributed by atoms with E-state index in [4.69, 9.17) is 5.73 Å². The number of benzene rings is 1. The molecule has 1 amide bonds. The number of ketones is 4. The molecule has 0 saturated heterocycles. The van der Waals surface area contributed by atoms with Gasteiger partial charge < -0.3 is 25.7 Å². The second-order valence-electron chi connectivity index (χ2n) is 13.7. The molecule has 11 heteroatoms. The molecule has 0 spiro atoms. The molecule has 0 bridgehead atoms. The number of fused-ring (bicyclic) bond motifs is 3. The number of hydrogen-bond donors (Lipinski definition) is 3. The topological polar surface area (TPSA) is 162 Å². The SMILES string of the molecule is CN(Cc1cc(N(C)C)c2c(c1O)C(=O)C1C(=O)[C@]3(O)C(=O)C(C(N)=O)C(=O)[C@@H](N(C)C)[C@@H]3C[C@@H]1C2)CC(C)(C)C. The summed E-state index contributed by atoms with van der Waals surface area (Å²) >= 11 is 0. The van der Waals surface area contributed by atoms with E-state index in [1.165, 1.54) is 4.90 Å². The van der Waals surface area contributed by atoms with Gasteiger partial charge >= 0.3 is 0 Å². The number of likely N-dealkylation sites (N-methyl/N-ethyl adjacent to an activating group) is 1. The number of phenols is 1. The van der Waals surface area contributed by atoms with E-state index < -0.39 is 64.4 Å². The predicted octanol–water partition coefficient (Wildman–Crippen LogP) is 0.411. The van der Waals surface area contributed by atoms with Crippen molar-refractivity contribution < 1.29 is 34.2 Å². The molecule has 3 aliphatic carbocycles. The standard InChI is InChI=1S/C30H42N4O7/c1-29(2,3)13-34(8)12-15-11-18(32(4)5)16-9-14-10-17-22(33(6)7)25(37)21(28(31)40)27(39)30(17,41)26(38)19(14)24(36)20(16)23(15)35/h11,14,17,19,21-22,35,41H,9-10,12-13H2,1-8H3,(H2,31,40)/t14-,17-,19?,21?,22-,30-/m0/s1. The van der Waals surface area contributed by atoms with Crippen LogP contribution in [0.15, 0.2) is 6.07 Å². The number of rotatable bonds is 6. The van der Waals surface area contributed by atoms with E-state index in [2.05, 4.69) is 20.8 Å². The van der Waals surface area contributed by atoms with Gasteiger partial charge in [-0.15, -0.1) is 0 Å². The number of aromatic hydroxyl groups is 1. The zero-order valence-electron chi connectivity index (χ0n) is 25.1. The fourth-order valence-electron chi connectivity index (χ4n) is 7.38. The first-order valence-electron chi connectivity index (χ1n) is 13.9. The maximum atomic E-state index is 14.1. The first-order chi connectivity index (χ1) is 18.8. The van der Waals surface area contributed by atoms with E-state index in [-0.39, 0.29) is 29.6 Å². The van der Waals surface area contributed by atoms with Gasteiger partial charge in [0.2, 0.25) is 5.91 Å². The molecular weight excluding hydrogens is 528 g/mol. The molecule has 2 fully saturated rings. The van der Waals surface area contributed by atoms with Crippen LogP contribution in [0.4, 0.5) is 5.69 Å². The summed E-state index contributed by atoms with van der Waals surface area (Å²) in [6.07, 6.45) is 0.249. The van der Waals surface area contributed by atoms with Crippen molar-refractivity contribution in [3.63, 3.8) is 0 Å². The molecule has 4 rings (SSSR count). The zero-order valence-corrected chi connectivity index (χ0v) is 25.1. The monoisotopic (exact) mass is 570 g/mol. The van der Waals surface area contributed by atoms with E-state index in [1.807, 2.05) is 37.0 Å². The van der Waals surface area contributed by atoms with Crippen molar-refractivity contribution in [1.82, 2.24) is 9.80 Å². The number of anilines is 1. The Morgan fingerprint density at radius 2 is 1.68 bits per heavy atom. The number of aliphatic hydroxyl groups is 1. The third-order valence-electron chi connectivity index (χ3n) is 8.78. The molecule has 224 valence electrons. The van der Waals surface area contributed by atoms with E-state index in [0.29, 0.717) is 17.7 Å². The van der Waals surface area contributed by atoms with Gasteiger partial charge in [-0.25, -0.2) is 0 Å². The Kier molecular flexibility index (Phi) is 7.73. The first kappa shape index (κ1) is 30.8. The minimum absolute atomic E-state index is 0.00635. The van der Waals surface area contributed by atoms with Crippen molar-refractivity contribution in [2.45, 2.75) is 51.8 Å². The Balaban J connectivity index is 1.84. The summed E-state index contributed by atoms with van der Waals surface area (Å²) < 4.78 is 0. The van der Waals surface area contributed by atoms with E-state index in [1.54, 1.807) is 14.1 Å². The van der Waals surface area contributed by atoms with Gasteiger partial charge in [-0.05, 0) is 56.9 Å². The summed E-state index contributed by atoms with van der Waals surface area (Å²) in [4.78, 5) is 72.4. The highest BCUT2D eigenvalue weighted by Gasteiger charge is 2.69. The molecule has 3 aliphatic rings. The van der Waals surface area contributed by atoms with Crippen LogP contribution in [0.2, 0.25) is 0 Å². The number of carbonyl (C=O) groups is 5. The van der Waals surface area contributed by atoms with E-state index >= 15 is 0 Å². The molecule has 11 nitrogen and oxygen atoms in total. The third kappa shape index (κ3) is 4.87. The van der Waals surface area contributed by atoms with Crippen LogP contribution in [0.5, 0.6) is 5.75 Å². The Morgan fingerprint density at radius 3 is 2.20 bits per heavy atom. The van der Waals surface area contributed by atoms with Crippen LogP contribution in [0.25, 0.3) is 0 Å². The summed E-state index contributed by atoms with van der Waals surface area (Å²) in [5, 5.41) is 23.2. The maximum Gasteiger partial charge on any atom is 0.235 e. The van der Waals surface area contributed by atoms with Crippen LogP contribution in [0, 0.1) is 29.1 Å². The van der Waals surface area contributed by atoms with Crippen molar-refractivity contribution in [2.75, 3.05) is 46.7 Å². The Bertz CT molecular complexity index is 1330.